The summed E-state index contributed by atoms with van der Waals surface area (Å²) >= 11 is 0. The number of hydrogen-bond acceptors (Lipinski definition) is 4. The Morgan fingerprint density at radius 1 is 1.15 bits per heavy atom. The van der Waals surface area contributed by atoms with Gasteiger partial charge in [0.2, 0.25) is 0 Å². The van der Waals surface area contributed by atoms with Crippen molar-refractivity contribution in [2.24, 2.45) is 11.8 Å². The molecule has 1 N–H and O–H groups in total. The molecule has 0 amide bonds. The summed E-state index contributed by atoms with van der Waals surface area (Å²) in [6, 6.07) is -0.179. The quantitative estimate of drug-likeness (QED) is 0.593. The Hall–Kier alpha value is -0.610. The van der Waals surface area contributed by atoms with E-state index in [2.05, 4.69) is 44.8 Å². The lowest BCUT2D eigenvalue weighted by molar-refractivity contribution is -0.143. The summed E-state index contributed by atoms with van der Waals surface area (Å²) in [5.41, 5.74) is 0. The van der Waals surface area contributed by atoms with Gasteiger partial charge in [0, 0.05) is 19.6 Å². The van der Waals surface area contributed by atoms with Crippen LogP contribution in [0.1, 0.15) is 47.5 Å². The van der Waals surface area contributed by atoms with Gasteiger partial charge in [-0.05, 0) is 31.2 Å². The van der Waals surface area contributed by atoms with Gasteiger partial charge in [0.05, 0.1) is 7.11 Å². The number of carbonyl (C=O) groups excluding carboxylic acids is 1. The van der Waals surface area contributed by atoms with E-state index in [0.29, 0.717) is 11.8 Å². The maximum absolute atomic E-state index is 11.8. The standard InChI is InChI=1S/C16H34N2O2/c1-7-9-17-15(16(19)20-6)8-10-18(11-13(2)3)12-14(4)5/h13-15,17H,7-12H2,1-6H3. The normalized spacial score (nSPS) is 13.2. The third-order valence-electron chi connectivity index (χ3n) is 3.11. The molecule has 0 fully saturated rings. The average Bonchev–Trinajstić information content (AvgIpc) is 2.36. The van der Waals surface area contributed by atoms with Gasteiger partial charge in [-0.3, -0.25) is 4.79 Å². The van der Waals surface area contributed by atoms with Gasteiger partial charge >= 0.3 is 5.97 Å². The zero-order valence-electron chi connectivity index (χ0n) is 14.2. The molecule has 0 aliphatic carbocycles. The third-order valence-corrected chi connectivity index (χ3v) is 3.11. The largest absolute Gasteiger partial charge is 0.468 e. The maximum atomic E-state index is 11.8. The summed E-state index contributed by atoms with van der Waals surface area (Å²) in [6.45, 7) is 15.0. The van der Waals surface area contributed by atoms with Crippen molar-refractivity contribution in [3.8, 4) is 0 Å². The molecule has 0 aliphatic heterocycles. The van der Waals surface area contributed by atoms with Gasteiger partial charge in [0.15, 0.2) is 0 Å². The molecule has 0 aromatic carbocycles. The molecule has 0 heterocycles. The fraction of sp³-hybridized carbons (Fsp3) is 0.938. The van der Waals surface area contributed by atoms with Crippen molar-refractivity contribution < 1.29 is 9.53 Å². The Morgan fingerprint density at radius 2 is 1.70 bits per heavy atom. The summed E-state index contributed by atoms with van der Waals surface area (Å²) in [6.07, 6.45) is 1.83. The Kier molecular flexibility index (Phi) is 10.8. The summed E-state index contributed by atoms with van der Waals surface area (Å²) in [4.78, 5) is 14.2. The Bertz CT molecular complexity index is 245. The lowest BCUT2D eigenvalue weighted by atomic mass is 10.1. The number of nitrogens with zero attached hydrogens (tertiary/aromatic N) is 1. The van der Waals surface area contributed by atoms with Crippen LogP contribution in [0.2, 0.25) is 0 Å². The van der Waals surface area contributed by atoms with Crippen LogP contribution in [-0.2, 0) is 9.53 Å². The van der Waals surface area contributed by atoms with Crippen molar-refractivity contribution in [1.29, 1.82) is 0 Å². The molecule has 1 atom stereocenters. The van der Waals surface area contributed by atoms with Crippen molar-refractivity contribution in [3.05, 3.63) is 0 Å². The van der Waals surface area contributed by atoms with Crippen LogP contribution in [0.15, 0.2) is 0 Å². The van der Waals surface area contributed by atoms with Crippen molar-refractivity contribution in [3.63, 3.8) is 0 Å². The van der Waals surface area contributed by atoms with Gasteiger partial charge in [-0.25, -0.2) is 0 Å². The highest BCUT2D eigenvalue weighted by molar-refractivity contribution is 5.75. The van der Waals surface area contributed by atoms with Crippen LogP contribution in [0.3, 0.4) is 0 Å². The first-order chi connectivity index (χ1) is 9.40. The average molecular weight is 286 g/mol. The van der Waals surface area contributed by atoms with Crippen LogP contribution >= 0.6 is 0 Å². The predicted molar refractivity (Wildman–Crippen MR) is 84.8 cm³/mol. The Balaban J connectivity index is 4.39. The highest BCUT2D eigenvalue weighted by Crippen LogP contribution is 2.06. The predicted octanol–water partition coefficient (Wildman–Crippen LogP) is 2.53. The van der Waals surface area contributed by atoms with Gasteiger partial charge < -0.3 is 15.0 Å². The molecule has 0 radical (unpaired) electrons. The van der Waals surface area contributed by atoms with E-state index in [1.54, 1.807) is 0 Å². The van der Waals surface area contributed by atoms with E-state index >= 15 is 0 Å². The molecule has 0 aromatic rings. The fourth-order valence-electron chi connectivity index (χ4n) is 2.37. The summed E-state index contributed by atoms with van der Waals surface area (Å²) in [5.74, 6) is 1.15. The molecule has 0 saturated carbocycles. The van der Waals surface area contributed by atoms with Gasteiger partial charge in [0.1, 0.15) is 6.04 Å². The molecule has 4 nitrogen and oxygen atoms in total. The molecular formula is C16H34N2O2. The number of nitrogens with one attached hydrogen (secondary N) is 1. The molecule has 0 saturated heterocycles. The van der Waals surface area contributed by atoms with E-state index in [1.807, 2.05) is 0 Å². The monoisotopic (exact) mass is 286 g/mol. The smallest absolute Gasteiger partial charge is 0.322 e. The second-order valence-corrected chi connectivity index (χ2v) is 6.37. The second-order valence-electron chi connectivity index (χ2n) is 6.37. The molecule has 20 heavy (non-hydrogen) atoms. The molecule has 0 spiro atoms. The first kappa shape index (κ1) is 19.4. The van der Waals surface area contributed by atoms with Crippen LogP contribution in [-0.4, -0.2) is 50.2 Å². The van der Waals surface area contributed by atoms with Gasteiger partial charge in [-0.15, -0.1) is 0 Å². The maximum Gasteiger partial charge on any atom is 0.322 e. The summed E-state index contributed by atoms with van der Waals surface area (Å²) in [5, 5.41) is 3.28. The molecule has 0 bridgehead atoms. The van der Waals surface area contributed by atoms with Crippen molar-refractivity contribution in [2.45, 2.75) is 53.5 Å². The molecule has 4 heteroatoms. The summed E-state index contributed by atoms with van der Waals surface area (Å²) < 4.78 is 4.88. The van der Waals surface area contributed by atoms with Crippen LogP contribution in [0, 0.1) is 11.8 Å². The number of ether oxygens (including phenoxy) is 1. The van der Waals surface area contributed by atoms with Gasteiger partial charge in [0.25, 0.3) is 0 Å². The first-order valence-electron chi connectivity index (χ1n) is 7.94. The van der Waals surface area contributed by atoms with E-state index in [1.165, 1.54) is 7.11 Å². The van der Waals surface area contributed by atoms with Crippen LogP contribution < -0.4 is 5.32 Å². The summed E-state index contributed by atoms with van der Waals surface area (Å²) in [7, 11) is 1.46. The first-order valence-corrected chi connectivity index (χ1v) is 7.94. The minimum absolute atomic E-state index is 0.146. The highest BCUT2D eigenvalue weighted by Gasteiger charge is 2.20. The van der Waals surface area contributed by atoms with Crippen LogP contribution in [0.4, 0.5) is 0 Å². The lowest BCUT2D eigenvalue weighted by Gasteiger charge is -2.27. The number of carbonyl (C=O) groups is 1. The highest BCUT2D eigenvalue weighted by atomic mass is 16.5. The molecule has 1 unspecified atom stereocenters. The Morgan fingerprint density at radius 3 is 2.10 bits per heavy atom. The fourth-order valence-corrected chi connectivity index (χ4v) is 2.37. The minimum atomic E-state index is -0.179. The van der Waals surface area contributed by atoms with E-state index in [9.17, 15) is 4.79 Å². The van der Waals surface area contributed by atoms with E-state index < -0.39 is 0 Å². The topological polar surface area (TPSA) is 41.6 Å². The van der Waals surface area contributed by atoms with Crippen LogP contribution in [0.5, 0.6) is 0 Å². The van der Waals surface area contributed by atoms with E-state index in [4.69, 9.17) is 4.74 Å². The van der Waals surface area contributed by atoms with Crippen molar-refractivity contribution in [2.75, 3.05) is 33.3 Å². The van der Waals surface area contributed by atoms with Crippen molar-refractivity contribution >= 4 is 5.97 Å². The zero-order chi connectivity index (χ0) is 15.5. The number of hydrogen-bond donors (Lipinski definition) is 1. The molecule has 0 aliphatic rings. The molecule has 120 valence electrons. The van der Waals surface area contributed by atoms with Gasteiger partial charge in [-0.1, -0.05) is 34.6 Å². The number of esters is 1. The molecule has 0 aromatic heterocycles. The Labute approximate surface area is 125 Å². The van der Waals surface area contributed by atoms with Crippen LogP contribution in [0.25, 0.3) is 0 Å². The van der Waals surface area contributed by atoms with E-state index in [0.717, 1.165) is 39.0 Å². The van der Waals surface area contributed by atoms with Gasteiger partial charge in [-0.2, -0.15) is 0 Å². The molecular weight excluding hydrogens is 252 g/mol. The molecule has 0 rings (SSSR count). The third kappa shape index (κ3) is 9.32. The zero-order valence-corrected chi connectivity index (χ0v) is 14.2. The second kappa shape index (κ2) is 11.1. The number of rotatable bonds is 11. The lowest BCUT2D eigenvalue weighted by Crippen LogP contribution is -2.42. The van der Waals surface area contributed by atoms with Crippen molar-refractivity contribution in [1.82, 2.24) is 10.2 Å². The minimum Gasteiger partial charge on any atom is -0.468 e. The number of methoxy groups -OCH3 is 1. The SMILES string of the molecule is CCCNC(CCN(CC(C)C)CC(C)C)C(=O)OC. The van der Waals surface area contributed by atoms with E-state index in [-0.39, 0.29) is 12.0 Å².